The Morgan fingerprint density at radius 1 is 1.14 bits per heavy atom. The molecule has 1 fully saturated rings. The van der Waals surface area contributed by atoms with Crippen LogP contribution >= 0.6 is 0 Å². The maximum Gasteiger partial charge on any atom is 0.320 e. The van der Waals surface area contributed by atoms with E-state index in [1.54, 1.807) is 0 Å². The van der Waals surface area contributed by atoms with Gasteiger partial charge in [0.15, 0.2) is 11.4 Å². The van der Waals surface area contributed by atoms with E-state index in [1.165, 1.54) is 44.1 Å². The Bertz CT molecular complexity index is 1420. The standard InChI is InChI=1S/C29H38N4O10/c1-28(42)13-7-6-9-17(34)18(13)22(35)19-14(28)11-15-21(33(2)3)23(36)20(25(38)29(15,43)24(19)37)26(39)32-12-31-16(27(40)41)8-4-5-10-30/h6-7,9,14-16,21,31,34-35,38,42-43H,4-5,8,10-12,30H2,1-3H3,(H,32,39)(H,40,41)/t14?,15-,16-,21-,28+,29-/m0/s1. The first-order chi connectivity index (χ1) is 20.1. The number of carbonyl (C=O) groups excluding carboxylic acids is 3. The predicted octanol–water partition coefficient (Wildman–Crippen LogP) is -0.611. The van der Waals surface area contributed by atoms with Crippen molar-refractivity contribution in [3.8, 4) is 5.75 Å². The molecule has 14 nitrogen and oxygen atoms in total. The summed E-state index contributed by atoms with van der Waals surface area (Å²) in [4.78, 5) is 54.0. The summed E-state index contributed by atoms with van der Waals surface area (Å²) in [6.07, 6.45) is 1.07. The van der Waals surface area contributed by atoms with E-state index in [4.69, 9.17) is 5.73 Å². The number of phenols is 1. The van der Waals surface area contributed by atoms with Crippen molar-refractivity contribution in [1.82, 2.24) is 15.5 Å². The Balaban J connectivity index is 1.75. The quantitative estimate of drug-likeness (QED) is 0.0923. The van der Waals surface area contributed by atoms with Gasteiger partial charge in [0, 0.05) is 17.4 Å². The van der Waals surface area contributed by atoms with E-state index in [0.717, 1.165) is 0 Å². The van der Waals surface area contributed by atoms with Gasteiger partial charge in [0.05, 0.1) is 23.9 Å². The number of nitrogens with two attached hydrogens (primary N) is 1. The number of phenolic OH excluding ortho intramolecular Hbond substituents is 1. The van der Waals surface area contributed by atoms with Crippen LogP contribution in [0.15, 0.2) is 35.1 Å². The summed E-state index contributed by atoms with van der Waals surface area (Å²) in [5.74, 6) is -9.29. The van der Waals surface area contributed by atoms with Crippen LogP contribution in [-0.2, 0) is 24.8 Å². The van der Waals surface area contributed by atoms with Crippen molar-refractivity contribution in [2.75, 3.05) is 27.3 Å². The van der Waals surface area contributed by atoms with Gasteiger partial charge in [-0.05, 0) is 58.5 Å². The van der Waals surface area contributed by atoms with E-state index >= 15 is 0 Å². The summed E-state index contributed by atoms with van der Waals surface area (Å²) in [7, 11) is 2.97. The highest BCUT2D eigenvalue weighted by Crippen LogP contribution is 2.57. The number of ketones is 2. The number of unbranched alkanes of at least 4 members (excludes halogenated alkanes) is 1. The smallest absolute Gasteiger partial charge is 0.320 e. The number of amides is 1. The number of rotatable bonds is 10. The minimum Gasteiger partial charge on any atom is -0.508 e. The second-order valence-electron chi connectivity index (χ2n) is 11.7. The molecule has 6 atom stereocenters. The molecule has 4 rings (SSSR count). The van der Waals surface area contributed by atoms with Gasteiger partial charge in [-0.2, -0.15) is 0 Å². The average Bonchev–Trinajstić information content (AvgIpc) is 2.92. The van der Waals surface area contributed by atoms with Crippen LogP contribution < -0.4 is 16.4 Å². The lowest BCUT2D eigenvalue weighted by atomic mass is 9.54. The fourth-order valence-corrected chi connectivity index (χ4v) is 6.63. The molecule has 0 aliphatic heterocycles. The van der Waals surface area contributed by atoms with Gasteiger partial charge in [-0.15, -0.1) is 0 Å². The number of fused-ring (bicyclic) bond motifs is 3. The number of nitrogens with one attached hydrogen (secondary N) is 2. The van der Waals surface area contributed by atoms with Gasteiger partial charge >= 0.3 is 5.97 Å². The number of likely N-dealkylation sites (N-methyl/N-ethyl adjacent to an activating group) is 1. The lowest BCUT2D eigenvalue weighted by Gasteiger charge is -2.53. The fourth-order valence-electron chi connectivity index (χ4n) is 6.63. The number of benzene rings is 1. The molecule has 1 amide bonds. The summed E-state index contributed by atoms with van der Waals surface area (Å²) >= 11 is 0. The number of aliphatic carboxylic acids is 1. The van der Waals surface area contributed by atoms with E-state index < -0.39 is 93.6 Å². The highest BCUT2D eigenvalue weighted by molar-refractivity contribution is 6.25. The van der Waals surface area contributed by atoms with Crippen LogP contribution in [0.5, 0.6) is 5.75 Å². The van der Waals surface area contributed by atoms with Crippen molar-refractivity contribution in [2.24, 2.45) is 17.6 Å². The number of aromatic hydroxyl groups is 1. The van der Waals surface area contributed by atoms with Crippen LogP contribution in [0.3, 0.4) is 0 Å². The molecular formula is C29H38N4O10. The maximum atomic E-state index is 14.1. The van der Waals surface area contributed by atoms with Crippen LogP contribution in [0, 0.1) is 11.8 Å². The van der Waals surface area contributed by atoms with E-state index in [1.807, 2.05) is 0 Å². The second-order valence-corrected chi connectivity index (χ2v) is 11.7. The Labute approximate surface area is 247 Å². The van der Waals surface area contributed by atoms with Crippen molar-refractivity contribution in [1.29, 1.82) is 0 Å². The van der Waals surface area contributed by atoms with Crippen LogP contribution in [0.1, 0.15) is 43.7 Å². The number of hydrogen-bond donors (Lipinski definition) is 9. The van der Waals surface area contributed by atoms with Crippen molar-refractivity contribution in [2.45, 2.75) is 55.9 Å². The zero-order valence-corrected chi connectivity index (χ0v) is 24.1. The molecule has 3 aliphatic carbocycles. The summed E-state index contributed by atoms with van der Waals surface area (Å²) < 4.78 is 0. The first-order valence-corrected chi connectivity index (χ1v) is 14.0. The number of Topliss-reactive ketones (excluding diaryl/α,β-unsaturated/α-hetero) is 2. The zero-order chi connectivity index (χ0) is 32.0. The first-order valence-electron chi connectivity index (χ1n) is 14.0. The molecule has 43 heavy (non-hydrogen) atoms. The average molecular weight is 603 g/mol. The van der Waals surface area contributed by atoms with Gasteiger partial charge < -0.3 is 41.7 Å². The third kappa shape index (κ3) is 5.08. The number of nitrogens with zero attached hydrogens (tertiary/aromatic N) is 1. The van der Waals surface area contributed by atoms with Gasteiger partial charge in [0.2, 0.25) is 5.78 Å². The molecule has 0 heterocycles. The van der Waals surface area contributed by atoms with E-state index in [-0.39, 0.29) is 24.0 Å². The largest absolute Gasteiger partial charge is 0.508 e. The van der Waals surface area contributed by atoms with Crippen molar-refractivity contribution in [3.05, 3.63) is 46.2 Å². The number of aliphatic hydroxyl groups is 4. The van der Waals surface area contributed by atoms with Crippen molar-refractivity contribution < 1.29 is 49.8 Å². The normalized spacial score (nSPS) is 29.2. The third-order valence-electron chi connectivity index (χ3n) is 8.84. The Kier molecular flexibility index (Phi) is 8.73. The van der Waals surface area contributed by atoms with Crippen molar-refractivity contribution >= 4 is 29.2 Å². The van der Waals surface area contributed by atoms with Crippen LogP contribution in [0.4, 0.5) is 0 Å². The predicted molar refractivity (Wildman–Crippen MR) is 151 cm³/mol. The van der Waals surface area contributed by atoms with E-state index in [0.29, 0.717) is 19.4 Å². The molecule has 3 aliphatic rings. The van der Waals surface area contributed by atoms with E-state index in [2.05, 4.69) is 10.6 Å². The Hall–Kier alpha value is -3.82. The molecule has 234 valence electrons. The highest BCUT2D eigenvalue weighted by Gasteiger charge is 2.66. The molecule has 1 saturated carbocycles. The molecule has 1 aromatic rings. The molecule has 0 radical (unpaired) electrons. The van der Waals surface area contributed by atoms with Gasteiger partial charge in [0.25, 0.3) is 5.91 Å². The number of hydrogen-bond acceptors (Lipinski definition) is 12. The lowest BCUT2D eigenvalue weighted by molar-refractivity contribution is -0.159. The van der Waals surface area contributed by atoms with Gasteiger partial charge in [-0.3, -0.25) is 29.4 Å². The van der Waals surface area contributed by atoms with Crippen LogP contribution in [0.2, 0.25) is 0 Å². The molecule has 1 unspecified atom stereocenters. The SMILES string of the molecule is CN(C)[C@@H]1C(=O)C(C(=O)NCN[C@@H](CCCCN)C(=O)O)=C(O)[C@@]2(O)C(=O)C3=C(O)c4c(O)cccc4[C@@](C)(O)C3C[C@@H]12. The minimum atomic E-state index is -2.85. The molecule has 10 N–H and O–H groups in total. The maximum absolute atomic E-state index is 14.1. The fraction of sp³-hybridized carbons (Fsp3) is 0.517. The molecule has 0 saturated heterocycles. The number of carboxylic acid groups (broad SMARTS) is 1. The first kappa shape index (κ1) is 32.1. The molecule has 14 heteroatoms. The minimum absolute atomic E-state index is 0.135. The second kappa shape index (κ2) is 11.7. The highest BCUT2D eigenvalue weighted by atomic mass is 16.4. The van der Waals surface area contributed by atoms with E-state index in [9.17, 15) is 49.8 Å². The Morgan fingerprint density at radius 2 is 1.81 bits per heavy atom. The zero-order valence-electron chi connectivity index (χ0n) is 24.1. The molecule has 0 aromatic heterocycles. The van der Waals surface area contributed by atoms with Crippen LogP contribution in [-0.4, -0.2) is 104 Å². The topological polar surface area (TPSA) is 243 Å². The van der Waals surface area contributed by atoms with Gasteiger partial charge in [-0.25, -0.2) is 0 Å². The number of carboxylic acids is 1. The molecular weight excluding hydrogens is 564 g/mol. The molecule has 1 aromatic carbocycles. The summed E-state index contributed by atoms with van der Waals surface area (Å²) in [5.41, 5.74) is -0.669. The monoisotopic (exact) mass is 602 g/mol. The van der Waals surface area contributed by atoms with Gasteiger partial charge in [-0.1, -0.05) is 18.6 Å². The third-order valence-corrected chi connectivity index (χ3v) is 8.84. The Morgan fingerprint density at radius 3 is 2.42 bits per heavy atom. The number of aliphatic hydroxyl groups excluding tert-OH is 2. The van der Waals surface area contributed by atoms with Gasteiger partial charge in [0.1, 0.15) is 28.9 Å². The molecule has 0 spiro atoms. The lowest BCUT2D eigenvalue weighted by Crippen LogP contribution is -2.67. The molecule has 0 bridgehead atoms. The van der Waals surface area contributed by atoms with Crippen molar-refractivity contribution in [3.63, 3.8) is 0 Å². The summed E-state index contributed by atoms with van der Waals surface area (Å²) in [6.45, 7) is 1.35. The summed E-state index contributed by atoms with van der Waals surface area (Å²) in [5, 5.41) is 70.9. The number of carbonyl (C=O) groups is 4. The van der Waals surface area contributed by atoms with Crippen LogP contribution in [0.25, 0.3) is 5.76 Å². The summed E-state index contributed by atoms with van der Waals surface area (Å²) in [6, 6.07) is 1.83.